The standard InChI is InChI=1S/C14H11Cl2NO3/c1-9(8-18)19-11-2-4-12(5-3-11)20-14-13(16)6-10(15)7-17-14/h2-9H,1H3. The van der Waals surface area contributed by atoms with E-state index in [4.69, 9.17) is 32.7 Å². The molecular weight excluding hydrogens is 301 g/mol. The Labute approximate surface area is 126 Å². The van der Waals surface area contributed by atoms with Gasteiger partial charge >= 0.3 is 0 Å². The molecule has 6 heteroatoms. The first-order chi connectivity index (χ1) is 9.58. The fourth-order valence-corrected chi connectivity index (χ4v) is 1.84. The number of benzene rings is 1. The minimum absolute atomic E-state index is 0.269. The summed E-state index contributed by atoms with van der Waals surface area (Å²) in [5.41, 5.74) is 0. The smallest absolute Gasteiger partial charge is 0.238 e. The lowest BCUT2D eigenvalue weighted by Crippen LogP contribution is -2.12. The molecule has 2 aromatic rings. The zero-order chi connectivity index (χ0) is 14.5. The second-order valence-corrected chi connectivity index (χ2v) is 4.82. The zero-order valence-corrected chi connectivity index (χ0v) is 12.1. The summed E-state index contributed by atoms with van der Waals surface area (Å²) < 4.78 is 10.8. The number of ether oxygens (including phenoxy) is 2. The average molecular weight is 312 g/mol. The third-order valence-electron chi connectivity index (χ3n) is 2.33. The SMILES string of the molecule is CC(C=O)Oc1ccc(Oc2ncc(Cl)cc2Cl)cc1. The van der Waals surface area contributed by atoms with Crippen LogP contribution in [0.25, 0.3) is 0 Å². The zero-order valence-electron chi connectivity index (χ0n) is 10.5. The van der Waals surface area contributed by atoms with Gasteiger partial charge in [0.15, 0.2) is 12.4 Å². The largest absolute Gasteiger partial charge is 0.483 e. The van der Waals surface area contributed by atoms with E-state index in [1.54, 1.807) is 37.3 Å². The molecule has 20 heavy (non-hydrogen) atoms. The van der Waals surface area contributed by atoms with Gasteiger partial charge in [-0.05, 0) is 37.3 Å². The van der Waals surface area contributed by atoms with E-state index in [2.05, 4.69) is 4.98 Å². The van der Waals surface area contributed by atoms with E-state index in [1.165, 1.54) is 6.20 Å². The third-order valence-corrected chi connectivity index (χ3v) is 2.80. The van der Waals surface area contributed by atoms with Crippen LogP contribution in [0, 0.1) is 0 Å². The Kier molecular flexibility index (Phi) is 4.82. The highest BCUT2D eigenvalue weighted by atomic mass is 35.5. The van der Waals surface area contributed by atoms with Crippen molar-refractivity contribution in [1.29, 1.82) is 0 Å². The van der Waals surface area contributed by atoms with Crippen LogP contribution < -0.4 is 9.47 Å². The Morgan fingerprint density at radius 3 is 2.45 bits per heavy atom. The predicted molar refractivity (Wildman–Crippen MR) is 76.9 cm³/mol. The van der Waals surface area contributed by atoms with Crippen LogP contribution in [0.3, 0.4) is 0 Å². The fourth-order valence-electron chi connectivity index (χ4n) is 1.42. The molecule has 0 aliphatic carbocycles. The van der Waals surface area contributed by atoms with Gasteiger partial charge in [-0.25, -0.2) is 4.98 Å². The molecular formula is C14H11Cl2NO3. The highest BCUT2D eigenvalue weighted by Gasteiger charge is 2.07. The number of hydrogen-bond acceptors (Lipinski definition) is 4. The number of aldehydes is 1. The Balaban J connectivity index is 2.08. The van der Waals surface area contributed by atoms with E-state index in [9.17, 15) is 4.79 Å². The molecule has 4 nitrogen and oxygen atoms in total. The number of rotatable bonds is 5. The van der Waals surface area contributed by atoms with Crippen LogP contribution in [-0.4, -0.2) is 17.4 Å². The van der Waals surface area contributed by atoms with Gasteiger partial charge in [0.1, 0.15) is 16.5 Å². The summed E-state index contributed by atoms with van der Waals surface area (Å²) in [4.78, 5) is 14.5. The van der Waals surface area contributed by atoms with Crippen molar-refractivity contribution >= 4 is 29.5 Å². The van der Waals surface area contributed by atoms with Gasteiger partial charge < -0.3 is 9.47 Å². The van der Waals surface area contributed by atoms with Crippen LogP contribution in [0.4, 0.5) is 0 Å². The molecule has 1 atom stereocenters. The first-order valence-corrected chi connectivity index (χ1v) is 6.55. The Morgan fingerprint density at radius 2 is 1.85 bits per heavy atom. The van der Waals surface area contributed by atoms with Crippen LogP contribution in [0.1, 0.15) is 6.92 Å². The number of carbonyl (C=O) groups excluding carboxylic acids is 1. The molecule has 0 saturated heterocycles. The van der Waals surface area contributed by atoms with Crippen molar-refractivity contribution in [3.8, 4) is 17.4 Å². The lowest BCUT2D eigenvalue weighted by Gasteiger charge is -2.10. The van der Waals surface area contributed by atoms with Gasteiger partial charge in [-0.2, -0.15) is 0 Å². The molecule has 0 bridgehead atoms. The first kappa shape index (κ1) is 14.6. The molecule has 104 valence electrons. The number of aromatic nitrogens is 1. The number of hydrogen-bond donors (Lipinski definition) is 0. The Hall–Kier alpha value is -1.78. The van der Waals surface area contributed by atoms with Gasteiger partial charge in [0.25, 0.3) is 0 Å². The highest BCUT2D eigenvalue weighted by Crippen LogP contribution is 2.29. The van der Waals surface area contributed by atoms with E-state index in [0.717, 1.165) is 6.29 Å². The molecule has 0 spiro atoms. The quantitative estimate of drug-likeness (QED) is 0.778. The van der Waals surface area contributed by atoms with Gasteiger partial charge in [-0.3, -0.25) is 4.79 Å². The maximum absolute atomic E-state index is 10.5. The van der Waals surface area contributed by atoms with Crippen LogP contribution >= 0.6 is 23.2 Å². The van der Waals surface area contributed by atoms with Gasteiger partial charge in [0.2, 0.25) is 5.88 Å². The van der Waals surface area contributed by atoms with Crippen LogP contribution in [0.5, 0.6) is 17.4 Å². The van der Waals surface area contributed by atoms with Crippen molar-refractivity contribution in [2.45, 2.75) is 13.0 Å². The summed E-state index contributed by atoms with van der Waals surface area (Å²) in [6.07, 6.45) is 1.68. The second kappa shape index (κ2) is 6.59. The van der Waals surface area contributed by atoms with Crippen molar-refractivity contribution in [3.63, 3.8) is 0 Å². The molecule has 0 saturated carbocycles. The first-order valence-electron chi connectivity index (χ1n) is 5.79. The molecule has 1 heterocycles. The van der Waals surface area contributed by atoms with Crippen molar-refractivity contribution < 1.29 is 14.3 Å². The normalized spacial score (nSPS) is 11.8. The molecule has 1 aromatic carbocycles. The van der Waals surface area contributed by atoms with Gasteiger partial charge in [0.05, 0.1) is 5.02 Å². The van der Waals surface area contributed by atoms with E-state index in [-0.39, 0.29) is 5.88 Å². The summed E-state index contributed by atoms with van der Waals surface area (Å²) in [5, 5.41) is 0.765. The third kappa shape index (κ3) is 3.85. The fraction of sp³-hybridized carbons (Fsp3) is 0.143. The molecule has 1 aromatic heterocycles. The molecule has 0 radical (unpaired) electrons. The average Bonchev–Trinajstić information content (AvgIpc) is 2.44. The molecule has 1 unspecified atom stereocenters. The van der Waals surface area contributed by atoms with Gasteiger partial charge in [-0.15, -0.1) is 0 Å². The summed E-state index contributed by atoms with van der Waals surface area (Å²) in [6.45, 7) is 1.66. The topological polar surface area (TPSA) is 48.4 Å². The summed E-state index contributed by atoms with van der Waals surface area (Å²) in [7, 11) is 0. The van der Waals surface area contributed by atoms with Gasteiger partial charge in [0, 0.05) is 6.20 Å². The highest BCUT2D eigenvalue weighted by molar-refractivity contribution is 6.35. The van der Waals surface area contributed by atoms with E-state index < -0.39 is 6.10 Å². The summed E-state index contributed by atoms with van der Waals surface area (Å²) in [6, 6.07) is 8.33. The van der Waals surface area contributed by atoms with Crippen LogP contribution in [-0.2, 0) is 4.79 Å². The molecule has 0 fully saturated rings. The van der Waals surface area contributed by atoms with Crippen molar-refractivity contribution in [3.05, 3.63) is 46.6 Å². The molecule has 0 amide bonds. The lowest BCUT2D eigenvalue weighted by molar-refractivity contribution is -0.113. The number of pyridine rings is 1. The van der Waals surface area contributed by atoms with Crippen molar-refractivity contribution in [2.75, 3.05) is 0 Å². The van der Waals surface area contributed by atoms with Crippen LogP contribution in [0.15, 0.2) is 36.5 Å². The summed E-state index contributed by atoms with van der Waals surface area (Å²) >= 11 is 11.7. The number of nitrogens with zero attached hydrogens (tertiary/aromatic N) is 1. The summed E-state index contributed by atoms with van der Waals surface area (Å²) in [5.74, 6) is 1.39. The number of halogens is 2. The molecule has 2 rings (SSSR count). The number of carbonyl (C=O) groups is 1. The Bertz CT molecular complexity index is 602. The Morgan fingerprint density at radius 1 is 1.20 bits per heavy atom. The minimum Gasteiger partial charge on any atom is -0.483 e. The van der Waals surface area contributed by atoms with Gasteiger partial charge in [-0.1, -0.05) is 23.2 Å². The van der Waals surface area contributed by atoms with E-state index >= 15 is 0 Å². The van der Waals surface area contributed by atoms with Crippen molar-refractivity contribution in [2.24, 2.45) is 0 Å². The predicted octanol–water partition coefficient (Wildman–Crippen LogP) is 4.15. The molecule has 0 aliphatic rings. The van der Waals surface area contributed by atoms with E-state index in [1.807, 2.05) is 0 Å². The van der Waals surface area contributed by atoms with Crippen LogP contribution in [0.2, 0.25) is 10.0 Å². The maximum atomic E-state index is 10.5. The van der Waals surface area contributed by atoms with Crippen molar-refractivity contribution in [1.82, 2.24) is 4.98 Å². The monoisotopic (exact) mass is 311 g/mol. The lowest BCUT2D eigenvalue weighted by atomic mass is 10.3. The maximum Gasteiger partial charge on any atom is 0.238 e. The van der Waals surface area contributed by atoms with E-state index in [0.29, 0.717) is 21.5 Å². The molecule has 0 N–H and O–H groups in total. The minimum atomic E-state index is -0.492. The molecule has 0 aliphatic heterocycles. The second-order valence-electron chi connectivity index (χ2n) is 3.97.